The Labute approximate surface area is 78.6 Å². The minimum Gasteiger partial charge on any atom is -0.385 e. The van der Waals surface area contributed by atoms with Gasteiger partial charge in [0, 0.05) is 13.7 Å². The third-order valence-corrected chi connectivity index (χ3v) is 1.56. The zero-order chi connectivity index (χ0) is 9.36. The second-order valence-corrected chi connectivity index (χ2v) is 2.66. The third kappa shape index (κ3) is 4.50. The first kappa shape index (κ1) is 10.0. The Hall–Kier alpha value is -1.06. The summed E-state index contributed by atoms with van der Waals surface area (Å²) in [7, 11) is 1.69. The first-order chi connectivity index (χ1) is 6.43. The monoisotopic (exact) mass is 181 g/mol. The van der Waals surface area contributed by atoms with Gasteiger partial charge < -0.3 is 4.74 Å². The lowest BCUT2D eigenvalue weighted by atomic mass is 10.3. The molecule has 0 unspecified atom stereocenters. The molecule has 0 fully saturated rings. The summed E-state index contributed by atoms with van der Waals surface area (Å²) in [6.45, 7) is 1.39. The number of nitrogens with one attached hydrogen (secondary N) is 1. The molecule has 1 aromatic carbocycles. The van der Waals surface area contributed by atoms with Gasteiger partial charge in [0.05, 0.1) is 12.3 Å². The van der Waals surface area contributed by atoms with E-state index >= 15 is 0 Å². The van der Waals surface area contributed by atoms with E-state index in [9.17, 15) is 0 Å². The number of para-hydroxylation sites is 1. The third-order valence-electron chi connectivity index (χ3n) is 1.56. The van der Waals surface area contributed by atoms with Crippen molar-refractivity contribution in [2.24, 2.45) is 0 Å². The van der Waals surface area contributed by atoms with E-state index in [4.69, 9.17) is 9.57 Å². The Bertz CT molecular complexity index is 213. The molecule has 0 bridgehead atoms. The van der Waals surface area contributed by atoms with Crippen molar-refractivity contribution in [1.82, 2.24) is 0 Å². The molecule has 1 aromatic rings. The van der Waals surface area contributed by atoms with Gasteiger partial charge in [0.2, 0.25) is 0 Å². The lowest BCUT2D eigenvalue weighted by Gasteiger charge is -2.05. The Morgan fingerprint density at radius 1 is 1.15 bits per heavy atom. The van der Waals surface area contributed by atoms with Crippen molar-refractivity contribution >= 4 is 5.69 Å². The Balaban J connectivity index is 2.07. The zero-order valence-corrected chi connectivity index (χ0v) is 7.82. The number of hydrogen-bond donors (Lipinski definition) is 1. The fraction of sp³-hybridized carbons (Fsp3) is 0.400. The van der Waals surface area contributed by atoms with Crippen LogP contribution in [0, 0.1) is 0 Å². The molecule has 0 aliphatic carbocycles. The number of hydrogen-bond acceptors (Lipinski definition) is 3. The lowest BCUT2D eigenvalue weighted by molar-refractivity contribution is 0.136. The topological polar surface area (TPSA) is 30.5 Å². The maximum atomic E-state index is 5.19. The molecule has 0 aliphatic heterocycles. The van der Waals surface area contributed by atoms with Crippen LogP contribution in [0.1, 0.15) is 6.42 Å². The van der Waals surface area contributed by atoms with E-state index in [1.165, 1.54) is 0 Å². The second kappa shape index (κ2) is 6.46. The van der Waals surface area contributed by atoms with E-state index in [2.05, 4.69) is 5.48 Å². The minimum absolute atomic E-state index is 0.655. The van der Waals surface area contributed by atoms with Crippen LogP contribution >= 0.6 is 0 Å². The van der Waals surface area contributed by atoms with E-state index in [0.717, 1.165) is 18.7 Å². The van der Waals surface area contributed by atoms with Crippen LogP contribution in [0.4, 0.5) is 5.69 Å². The number of methoxy groups -OCH3 is 1. The first-order valence-electron chi connectivity index (χ1n) is 4.35. The van der Waals surface area contributed by atoms with Crippen LogP contribution in [0.5, 0.6) is 0 Å². The van der Waals surface area contributed by atoms with Gasteiger partial charge in [0.15, 0.2) is 0 Å². The summed E-state index contributed by atoms with van der Waals surface area (Å²) >= 11 is 0. The fourth-order valence-corrected chi connectivity index (χ4v) is 0.916. The van der Waals surface area contributed by atoms with Gasteiger partial charge in [0.25, 0.3) is 0 Å². The highest BCUT2D eigenvalue weighted by Gasteiger charge is 1.89. The fourth-order valence-electron chi connectivity index (χ4n) is 0.916. The molecular formula is C10H15NO2. The standard InChI is InChI=1S/C10H15NO2/c1-12-8-5-9-13-11-10-6-3-2-4-7-10/h2-4,6-7,11H,5,8-9H2,1H3. The second-order valence-electron chi connectivity index (χ2n) is 2.66. The van der Waals surface area contributed by atoms with Crippen molar-refractivity contribution in [1.29, 1.82) is 0 Å². The first-order valence-corrected chi connectivity index (χ1v) is 4.35. The number of anilines is 1. The molecule has 72 valence electrons. The molecule has 0 atom stereocenters. The molecule has 0 spiro atoms. The molecule has 0 amide bonds. The Morgan fingerprint density at radius 3 is 2.62 bits per heavy atom. The molecule has 0 aromatic heterocycles. The number of benzene rings is 1. The van der Waals surface area contributed by atoms with Crippen molar-refractivity contribution < 1.29 is 9.57 Å². The summed E-state index contributed by atoms with van der Waals surface area (Å²) in [6, 6.07) is 9.80. The zero-order valence-electron chi connectivity index (χ0n) is 7.82. The average molecular weight is 181 g/mol. The van der Waals surface area contributed by atoms with E-state index in [-0.39, 0.29) is 0 Å². The largest absolute Gasteiger partial charge is 0.385 e. The van der Waals surface area contributed by atoms with Crippen LogP contribution in [0.3, 0.4) is 0 Å². The van der Waals surface area contributed by atoms with E-state index in [1.54, 1.807) is 7.11 Å². The maximum Gasteiger partial charge on any atom is 0.0767 e. The summed E-state index contributed by atoms with van der Waals surface area (Å²) in [4.78, 5) is 5.19. The van der Waals surface area contributed by atoms with Gasteiger partial charge in [-0.25, -0.2) is 0 Å². The highest BCUT2D eigenvalue weighted by molar-refractivity contribution is 5.39. The van der Waals surface area contributed by atoms with E-state index in [1.807, 2.05) is 30.3 Å². The quantitative estimate of drug-likeness (QED) is 0.538. The molecule has 0 radical (unpaired) electrons. The Kier molecular flexibility index (Phi) is 4.98. The normalized spacial score (nSPS) is 9.92. The number of rotatable bonds is 6. The van der Waals surface area contributed by atoms with Gasteiger partial charge in [-0.05, 0) is 18.6 Å². The molecule has 3 heteroatoms. The van der Waals surface area contributed by atoms with Crippen molar-refractivity contribution in [3.63, 3.8) is 0 Å². The average Bonchev–Trinajstić information content (AvgIpc) is 2.19. The maximum absolute atomic E-state index is 5.19. The lowest BCUT2D eigenvalue weighted by Crippen LogP contribution is -2.04. The molecule has 0 aliphatic rings. The highest BCUT2D eigenvalue weighted by Crippen LogP contribution is 2.04. The molecule has 1 rings (SSSR count). The minimum atomic E-state index is 0.655. The van der Waals surface area contributed by atoms with Crippen LogP contribution in [0.15, 0.2) is 30.3 Å². The van der Waals surface area contributed by atoms with Crippen molar-refractivity contribution in [3.05, 3.63) is 30.3 Å². The van der Waals surface area contributed by atoms with Gasteiger partial charge in [-0.3, -0.25) is 10.3 Å². The van der Waals surface area contributed by atoms with Crippen LogP contribution in [0.25, 0.3) is 0 Å². The summed E-state index contributed by atoms with van der Waals surface area (Å²) in [5.74, 6) is 0. The summed E-state index contributed by atoms with van der Waals surface area (Å²) in [5, 5.41) is 0. The number of ether oxygens (including phenoxy) is 1. The predicted octanol–water partition coefficient (Wildman–Crippen LogP) is 2.07. The van der Waals surface area contributed by atoms with Gasteiger partial charge in [0.1, 0.15) is 0 Å². The van der Waals surface area contributed by atoms with Crippen LogP contribution < -0.4 is 5.48 Å². The SMILES string of the molecule is COCCCONc1ccccc1. The predicted molar refractivity (Wildman–Crippen MR) is 52.5 cm³/mol. The van der Waals surface area contributed by atoms with Gasteiger partial charge in [-0.1, -0.05) is 18.2 Å². The Morgan fingerprint density at radius 2 is 1.92 bits per heavy atom. The molecule has 1 N–H and O–H groups in total. The summed E-state index contributed by atoms with van der Waals surface area (Å²) in [5.41, 5.74) is 3.82. The summed E-state index contributed by atoms with van der Waals surface area (Å²) < 4.78 is 4.89. The van der Waals surface area contributed by atoms with Crippen molar-refractivity contribution in [3.8, 4) is 0 Å². The van der Waals surface area contributed by atoms with E-state index in [0.29, 0.717) is 6.61 Å². The van der Waals surface area contributed by atoms with E-state index < -0.39 is 0 Å². The van der Waals surface area contributed by atoms with Crippen molar-refractivity contribution in [2.75, 3.05) is 25.8 Å². The molecule has 0 saturated carbocycles. The molecular weight excluding hydrogens is 166 g/mol. The molecule has 13 heavy (non-hydrogen) atoms. The molecule has 3 nitrogen and oxygen atoms in total. The smallest absolute Gasteiger partial charge is 0.0767 e. The van der Waals surface area contributed by atoms with Gasteiger partial charge in [-0.15, -0.1) is 0 Å². The van der Waals surface area contributed by atoms with Crippen LogP contribution in [0.2, 0.25) is 0 Å². The van der Waals surface area contributed by atoms with Crippen LogP contribution in [-0.2, 0) is 9.57 Å². The molecule has 0 saturated heterocycles. The van der Waals surface area contributed by atoms with Crippen LogP contribution in [-0.4, -0.2) is 20.3 Å². The van der Waals surface area contributed by atoms with Crippen molar-refractivity contribution in [2.45, 2.75) is 6.42 Å². The molecule has 0 heterocycles. The summed E-state index contributed by atoms with van der Waals surface area (Å²) in [6.07, 6.45) is 0.899. The highest BCUT2D eigenvalue weighted by atomic mass is 16.6. The van der Waals surface area contributed by atoms with Gasteiger partial charge >= 0.3 is 0 Å². The van der Waals surface area contributed by atoms with Gasteiger partial charge in [-0.2, -0.15) is 0 Å².